The van der Waals surface area contributed by atoms with Gasteiger partial charge in [-0.05, 0) is 51.7 Å². The number of pyridine rings is 1. The number of carbonyl (C=O) groups excluding carboxylic acids is 3. The highest BCUT2D eigenvalue weighted by molar-refractivity contribution is 5.94. The van der Waals surface area contributed by atoms with Gasteiger partial charge in [-0.15, -0.1) is 0 Å². The number of nitrogens with one attached hydrogen (secondary N) is 1. The predicted molar refractivity (Wildman–Crippen MR) is 105 cm³/mol. The molecule has 2 saturated heterocycles. The molecule has 3 rings (SSSR count). The summed E-state index contributed by atoms with van der Waals surface area (Å²) in [6, 6.07) is 3.55. The first-order chi connectivity index (χ1) is 13.3. The maximum Gasteiger partial charge on any atom is 0.255 e. The first kappa shape index (κ1) is 20.3. The maximum atomic E-state index is 12.5. The van der Waals surface area contributed by atoms with Crippen molar-refractivity contribution < 1.29 is 14.4 Å². The van der Waals surface area contributed by atoms with Crippen LogP contribution in [0.15, 0.2) is 24.5 Å². The molecule has 0 aliphatic carbocycles. The molecule has 1 aromatic rings. The van der Waals surface area contributed by atoms with Gasteiger partial charge in [0.1, 0.15) is 0 Å². The smallest absolute Gasteiger partial charge is 0.255 e. The van der Waals surface area contributed by atoms with E-state index in [1.165, 1.54) is 0 Å². The molecule has 3 heterocycles. The molecule has 7 heteroatoms. The van der Waals surface area contributed by atoms with Crippen molar-refractivity contribution in [1.29, 1.82) is 0 Å². The van der Waals surface area contributed by atoms with Crippen molar-refractivity contribution in [3.63, 3.8) is 0 Å². The van der Waals surface area contributed by atoms with Gasteiger partial charge in [0.15, 0.2) is 0 Å². The van der Waals surface area contributed by atoms with Crippen molar-refractivity contribution in [2.24, 2.45) is 11.8 Å². The molecule has 2 fully saturated rings. The Balaban J connectivity index is 1.43. The Kier molecular flexibility index (Phi) is 6.01. The fraction of sp³-hybridized carbons (Fsp3) is 0.619. The van der Waals surface area contributed by atoms with Gasteiger partial charge in [0, 0.05) is 50.5 Å². The molecule has 1 N–H and O–H groups in total. The quantitative estimate of drug-likeness (QED) is 0.854. The van der Waals surface area contributed by atoms with Crippen LogP contribution in [0.2, 0.25) is 0 Å². The number of hydrogen-bond donors (Lipinski definition) is 1. The Labute approximate surface area is 166 Å². The van der Waals surface area contributed by atoms with E-state index in [1.54, 1.807) is 29.4 Å². The molecule has 0 radical (unpaired) electrons. The lowest BCUT2D eigenvalue weighted by molar-refractivity contribution is -0.132. The average Bonchev–Trinajstić information content (AvgIpc) is 3.09. The summed E-state index contributed by atoms with van der Waals surface area (Å²) in [4.78, 5) is 44.8. The molecule has 0 bridgehead atoms. The van der Waals surface area contributed by atoms with Crippen molar-refractivity contribution in [2.45, 2.75) is 45.6 Å². The van der Waals surface area contributed by atoms with Crippen LogP contribution in [0.5, 0.6) is 0 Å². The van der Waals surface area contributed by atoms with Crippen LogP contribution in [0.1, 0.15) is 50.4 Å². The van der Waals surface area contributed by atoms with Crippen LogP contribution in [0.4, 0.5) is 0 Å². The van der Waals surface area contributed by atoms with Gasteiger partial charge in [-0.2, -0.15) is 0 Å². The third-order valence-electron chi connectivity index (χ3n) is 5.68. The minimum atomic E-state index is -0.265. The molecule has 0 aromatic carbocycles. The second-order valence-corrected chi connectivity index (χ2v) is 8.80. The van der Waals surface area contributed by atoms with Crippen molar-refractivity contribution in [3.8, 4) is 0 Å². The monoisotopic (exact) mass is 386 g/mol. The van der Waals surface area contributed by atoms with Gasteiger partial charge < -0.3 is 15.1 Å². The number of likely N-dealkylation sites (tertiary alicyclic amines) is 2. The first-order valence-electron chi connectivity index (χ1n) is 10.0. The van der Waals surface area contributed by atoms with E-state index in [2.05, 4.69) is 10.3 Å². The molecular weight excluding hydrogens is 356 g/mol. The molecule has 28 heavy (non-hydrogen) atoms. The number of nitrogens with zero attached hydrogens (tertiary/aromatic N) is 3. The molecule has 2 aliphatic heterocycles. The van der Waals surface area contributed by atoms with Crippen molar-refractivity contribution in [2.75, 3.05) is 26.2 Å². The van der Waals surface area contributed by atoms with Crippen LogP contribution in [0.3, 0.4) is 0 Å². The number of carbonyl (C=O) groups is 3. The van der Waals surface area contributed by atoms with E-state index in [0.29, 0.717) is 44.1 Å². The maximum absolute atomic E-state index is 12.5. The highest BCUT2D eigenvalue weighted by atomic mass is 16.2. The second kappa shape index (κ2) is 8.29. The lowest BCUT2D eigenvalue weighted by Gasteiger charge is -2.32. The van der Waals surface area contributed by atoms with E-state index >= 15 is 0 Å². The highest BCUT2D eigenvalue weighted by Crippen LogP contribution is 2.26. The van der Waals surface area contributed by atoms with E-state index in [-0.39, 0.29) is 29.2 Å². The zero-order valence-corrected chi connectivity index (χ0v) is 17.0. The van der Waals surface area contributed by atoms with E-state index in [4.69, 9.17) is 0 Å². The molecule has 1 unspecified atom stereocenters. The summed E-state index contributed by atoms with van der Waals surface area (Å²) in [6.07, 6.45) is 5.28. The van der Waals surface area contributed by atoms with E-state index < -0.39 is 0 Å². The molecule has 152 valence electrons. The Morgan fingerprint density at radius 3 is 2.54 bits per heavy atom. The van der Waals surface area contributed by atoms with Gasteiger partial charge in [-0.3, -0.25) is 19.4 Å². The summed E-state index contributed by atoms with van der Waals surface area (Å²) in [5.74, 6) is 0.128. The SMILES string of the molecule is CC(C)(C)N1CC(C(=O)NCC2CCN(C(=O)c3cccnc3)CC2)CC1=O. The van der Waals surface area contributed by atoms with Crippen molar-refractivity contribution >= 4 is 17.7 Å². The number of aromatic nitrogens is 1. The Morgan fingerprint density at radius 1 is 1.25 bits per heavy atom. The van der Waals surface area contributed by atoms with Crippen LogP contribution in [0.25, 0.3) is 0 Å². The highest BCUT2D eigenvalue weighted by Gasteiger charge is 2.39. The van der Waals surface area contributed by atoms with Gasteiger partial charge in [-0.25, -0.2) is 0 Å². The summed E-state index contributed by atoms with van der Waals surface area (Å²) >= 11 is 0. The van der Waals surface area contributed by atoms with Crippen LogP contribution < -0.4 is 5.32 Å². The third kappa shape index (κ3) is 4.69. The molecule has 3 amide bonds. The summed E-state index contributed by atoms with van der Waals surface area (Å²) in [5.41, 5.74) is 0.364. The Morgan fingerprint density at radius 2 is 1.96 bits per heavy atom. The van der Waals surface area contributed by atoms with Gasteiger partial charge in [0.05, 0.1) is 11.5 Å². The second-order valence-electron chi connectivity index (χ2n) is 8.80. The van der Waals surface area contributed by atoms with Crippen LogP contribution in [0, 0.1) is 11.8 Å². The van der Waals surface area contributed by atoms with Gasteiger partial charge in [0.2, 0.25) is 11.8 Å². The largest absolute Gasteiger partial charge is 0.356 e. The van der Waals surface area contributed by atoms with Crippen LogP contribution in [-0.4, -0.2) is 64.2 Å². The lowest BCUT2D eigenvalue weighted by atomic mass is 9.96. The molecule has 7 nitrogen and oxygen atoms in total. The zero-order chi connectivity index (χ0) is 20.3. The van der Waals surface area contributed by atoms with Gasteiger partial charge in [0.25, 0.3) is 5.91 Å². The average molecular weight is 386 g/mol. The number of rotatable bonds is 4. The van der Waals surface area contributed by atoms with Crippen LogP contribution in [-0.2, 0) is 9.59 Å². The van der Waals surface area contributed by atoms with Crippen molar-refractivity contribution in [1.82, 2.24) is 20.1 Å². The summed E-state index contributed by atoms with van der Waals surface area (Å²) in [6.45, 7) is 8.45. The minimum Gasteiger partial charge on any atom is -0.356 e. The third-order valence-corrected chi connectivity index (χ3v) is 5.68. The summed E-state index contributed by atoms with van der Waals surface area (Å²) in [5, 5.41) is 3.03. The Hall–Kier alpha value is -2.44. The van der Waals surface area contributed by atoms with Gasteiger partial charge in [-0.1, -0.05) is 0 Å². The molecule has 2 aliphatic rings. The fourth-order valence-corrected chi connectivity index (χ4v) is 3.93. The lowest BCUT2D eigenvalue weighted by Crippen LogP contribution is -2.44. The van der Waals surface area contributed by atoms with Gasteiger partial charge >= 0.3 is 0 Å². The number of amides is 3. The first-order valence-corrected chi connectivity index (χ1v) is 10.0. The molecule has 0 saturated carbocycles. The Bertz CT molecular complexity index is 721. The fourth-order valence-electron chi connectivity index (χ4n) is 3.93. The number of piperidine rings is 1. The van der Waals surface area contributed by atoms with Crippen LogP contribution >= 0.6 is 0 Å². The molecule has 0 spiro atoms. The van der Waals surface area contributed by atoms with Crippen molar-refractivity contribution in [3.05, 3.63) is 30.1 Å². The predicted octanol–water partition coefficient (Wildman–Crippen LogP) is 1.70. The molecular formula is C21H30N4O3. The molecule has 1 aromatic heterocycles. The molecule has 1 atom stereocenters. The summed E-state index contributed by atoms with van der Waals surface area (Å²) < 4.78 is 0. The number of hydrogen-bond acceptors (Lipinski definition) is 4. The zero-order valence-electron chi connectivity index (χ0n) is 17.0. The standard InChI is InChI=1S/C21H30N4O3/c1-21(2,3)25-14-17(11-18(25)26)19(27)23-12-15-6-9-24(10-7-15)20(28)16-5-4-8-22-13-16/h4-5,8,13,15,17H,6-7,9-12,14H2,1-3H3,(H,23,27). The summed E-state index contributed by atoms with van der Waals surface area (Å²) in [7, 11) is 0. The van der Waals surface area contributed by atoms with E-state index in [9.17, 15) is 14.4 Å². The van der Waals surface area contributed by atoms with E-state index in [1.807, 2.05) is 25.7 Å². The van der Waals surface area contributed by atoms with E-state index in [0.717, 1.165) is 12.8 Å². The normalized spacial score (nSPS) is 21.1. The topological polar surface area (TPSA) is 82.6 Å². The minimum absolute atomic E-state index is 0.0160.